The van der Waals surface area contributed by atoms with Crippen LogP contribution in [0.5, 0.6) is 0 Å². The van der Waals surface area contributed by atoms with Gasteiger partial charge in [0.1, 0.15) is 12.0 Å². The molecule has 0 saturated carbocycles. The van der Waals surface area contributed by atoms with Crippen molar-refractivity contribution in [1.82, 2.24) is 24.6 Å². The fraction of sp³-hybridized carbons (Fsp3) is 0.217. The van der Waals surface area contributed by atoms with Crippen LogP contribution in [0.2, 0.25) is 0 Å². The Morgan fingerprint density at radius 1 is 1.00 bits per heavy atom. The second kappa shape index (κ2) is 7.26. The number of amides is 1. The predicted molar refractivity (Wildman–Crippen MR) is 112 cm³/mol. The molecular weight excluding hydrogens is 378 g/mol. The van der Waals surface area contributed by atoms with E-state index in [1.54, 1.807) is 13.2 Å². The average Bonchev–Trinajstić information content (AvgIpc) is 3.41. The van der Waals surface area contributed by atoms with Crippen molar-refractivity contribution in [3.8, 4) is 22.6 Å². The second-order valence-corrected chi connectivity index (χ2v) is 7.40. The van der Waals surface area contributed by atoms with Gasteiger partial charge in [0.25, 0.3) is 5.91 Å². The zero-order valence-electron chi connectivity index (χ0n) is 16.8. The van der Waals surface area contributed by atoms with Crippen LogP contribution in [0.15, 0.2) is 65.3 Å². The van der Waals surface area contributed by atoms with Gasteiger partial charge in [0.05, 0.1) is 6.04 Å². The van der Waals surface area contributed by atoms with E-state index in [2.05, 4.69) is 27.3 Å². The number of carbonyl (C=O) groups is 1. The van der Waals surface area contributed by atoms with Crippen LogP contribution in [0.4, 0.5) is 0 Å². The van der Waals surface area contributed by atoms with E-state index in [9.17, 15) is 4.79 Å². The molecule has 0 N–H and O–H groups in total. The highest BCUT2D eigenvalue weighted by atomic mass is 16.3. The third kappa shape index (κ3) is 3.08. The number of carbonyl (C=O) groups excluding carboxylic acids is 1. The monoisotopic (exact) mass is 399 g/mol. The molecule has 150 valence electrons. The van der Waals surface area contributed by atoms with E-state index in [1.165, 1.54) is 0 Å². The molecule has 0 bridgehead atoms. The van der Waals surface area contributed by atoms with Crippen molar-refractivity contribution in [3.63, 3.8) is 0 Å². The maximum absolute atomic E-state index is 13.2. The standard InChI is InChI=1S/C23H21N5O2/c1-15-21-25-26-22(20-14-30-16(2)24-20)28(21)13-12-27(15)23(29)19-10-8-18(9-11-19)17-6-4-3-5-7-17/h3-11,14-15H,12-13H2,1-2H3. The van der Waals surface area contributed by atoms with E-state index < -0.39 is 0 Å². The van der Waals surface area contributed by atoms with Crippen LogP contribution in [-0.2, 0) is 6.54 Å². The summed E-state index contributed by atoms with van der Waals surface area (Å²) in [5.41, 5.74) is 3.55. The fourth-order valence-electron chi connectivity index (χ4n) is 3.92. The molecule has 1 atom stereocenters. The summed E-state index contributed by atoms with van der Waals surface area (Å²) >= 11 is 0. The molecule has 5 rings (SSSR count). The maximum Gasteiger partial charge on any atom is 0.254 e. The highest BCUT2D eigenvalue weighted by Crippen LogP contribution is 2.29. The van der Waals surface area contributed by atoms with Gasteiger partial charge >= 0.3 is 0 Å². The second-order valence-electron chi connectivity index (χ2n) is 7.40. The summed E-state index contributed by atoms with van der Waals surface area (Å²) < 4.78 is 7.33. The first-order chi connectivity index (χ1) is 14.6. The SMILES string of the molecule is Cc1nc(-c2nnc3n2CCN(C(=O)c2ccc(-c4ccccc4)cc2)C3C)co1. The van der Waals surface area contributed by atoms with Crippen LogP contribution in [0.25, 0.3) is 22.6 Å². The van der Waals surface area contributed by atoms with Gasteiger partial charge in [-0.05, 0) is 30.2 Å². The molecule has 2 aromatic heterocycles. The van der Waals surface area contributed by atoms with Crippen molar-refractivity contribution < 1.29 is 9.21 Å². The van der Waals surface area contributed by atoms with Crippen molar-refractivity contribution in [3.05, 3.63) is 78.1 Å². The van der Waals surface area contributed by atoms with E-state index in [0.717, 1.165) is 17.0 Å². The summed E-state index contributed by atoms with van der Waals surface area (Å²) in [5.74, 6) is 2.01. The number of hydrogen-bond acceptors (Lipinski definition) is 5. The van der Waals surface area contributed by atoms with E-state index in [-0.39, 0.29) is 11.9 Å². The first-order valence-electron chi connectivity index (χ1n) is 9.94. The minimum Gasteiger partial charge on any atom is -0.449 e. The zero-order valence-corrected chi connectivity index (χ0v) is 16.8. The van der Waals surface area contributed by atoms with E-state index in [0.29, 0.717) is 36.1 Å². The first-order valence-corrected chi connectivity index (χ1v) is 9.94. The summed E-state index contributed by atoms with van der Waals surface area (Å²) in [7, 11) is 0. The molecule has 2 aromatic carbocycles. The lowest BCUT2D eigenvalue weighted by Crippen LogP contribution is -2.41. The summed E-state index contributed by atoms with van der Waals surface area (Å²) in [6.45, 7) is 4.97. The first kappa shape index (κ1) is 18.3. The van der Waals surface area contributed by atoms with Crippen molar-refractivity contribution in [2.75, 3.05) is 6.54 Å². The largest absolute Gasteiger partial charge is 0.449 e. The number of aryl methyl sites for hydroxylation is 1. The Kier molecular flexibility index (Phi) is 4.43. The molecule has 0 aliphatic carbocycles. The van der Waals surface area contributed by atoms with Crippen LogP contribution in [-0.4, -0.2) is 37.1 Å². The van der Waals surface area contributed by atoms with Crippen molar-refractivity contribution in [2.45, 2.75) is 26.4 Å². The number of benzene rings is 2. The number of rotatable bonds is 3. The smallest absolute Gasteiger partial charge is 0.254 e. The maximum atomic E-state index is 13.2. The molecule has 30 heavy (non-hydrogen) atoms. The minimum absolute atomic E-state index is 0.00445. The fourth-order valence-corrected chi connectivity index (χ4v) is 3.92. The van der Waals surface area contributed by atoms with Gasteiger partial charge in [-0.25, -0.2) is 4.98 Å². The van der Waals surface area contributed by atoms with Crippen molar-refractivity contribution >= 4 is 5.91 Å². The molecule has 1 aliphatic rings. The summed E-state index contributed by atoms with van der Waals surface area (Å²) in [5, 5.41) is 8.64. The van der Waals surface area contributed by atoms with Gasteiger partial charge in [-0.15, -0.1) is 10.2 Å². The van der Waals surface area contributed by atoms with Crippen molar-refractivity contribution in [2.24, 2.45) is 0 Å². The van der Waals surface area contributed by atoms with E-state index >= 15 is 0 Å². The highest BCUT2D eigenvalue weighted by Gasteiger charge is 2.32. The lowest BCUT2D eigenvalue weighted by Gasteiger charge is -2.33. The molecule has 7 heteroatoms. The molecule has 3 heterocycles. The van der Waals surface area contributed by atoms with Gasteiger partial charge in [-0.2, -0.15) is 0 Å². The lowest BCUT2D eigenvalue weighted by atomic mass is 10.0. The van der Waals surface area contributed by atoms with E-state index in [1.807, 2.05) is 58.9 Å². The number of aromatic nitrogens is 4. The summed E-state index contributed by atoms with van der Waals surface area (Å²) in [6, 6.07) is 17.7. The predicted octanol–water partition coefficient (Wildman–Crippen LogP) is 4.13. The van der Waals surface area contributed by atoms with Gasteiger partial charge in [-0.1, -0.05) is 42.5 Å². The lowest BCUT2D eigenvalue weighted by molar-refractivity contribution is 0.0638. The average molecular weight is 399 g/mol. The quantitative estimate of drug-likeness (QED) is 0.518. The molecule has 0 saturated heterocycles. The third-order valence-corrected chi connectivity index (χ3v) is 5.53. The van der Waals surface area contributed by atoms with Gasteiger partial charge in [-0.3, -0.25) is 4.79 Å². The van der Waals surface area contributed by atoms with Crippen LogP contribution in [0, 0.1) is 6.92 Å². The molecule has 4 aromatic rings. The molecule has 0 spiro atoms. The van der Waals surface area contributed by atoms with Gasteiger partial charge in [0.15, 0.2) is 17.5 Å². The normalized spacial score (nSPS) is 15.8. The molecule has 0 radical (unpaired) electrons. The van der Waals surface area contributed by atoms with Crippen LogP contribution in [0.1, 0.15) is 35.0 Å². The number of hydrogen-bond donors (Lipinski definition) is 0. The Bertz CT molecular complexity index is 1190. The molecule has 1 aliphatic heterocycles. The van der Waals surface area contributed by atoms with Crippen LogP contribution >= 0.6 is 0 Å². The zero-order chi connectivity index (χ0) is 20.7. The molecule has 1 unspecified atom stereocenters. The molecule has 1 amide bonds. The van der Waals surface area contributed by atoms with Gasteiger partial charge in [0.2, 0.25) is 0 Å². The van der Waals surface area contributed by atoms with Gasteiger partial charge in [0, 0.05) is 25.6 Å². The van der Waals surface area contributed by atoms with Gasteiger partial charge < -0.3 is 13.9 Å². The third-order valence-electron chi connectivity index (χ3n) is 5.53. The molecular formula is C23H21N5O2. The number of fused-ring (bicyclic) bond motifs is 1. The number of nitrogens with zero attached hydrogens (tertiary/aromatic N) is 5. The topological polar surface area (TPSA) is 77.1 Å². The minimum atomic E-state index is -0.186. The number of oxazole rings is 1. The summed E-state index contributed by atoms with van der Waals surface area (Å²) in [4.78, 5) is 19.4. The van der Waals surface area contributed by atoms with Crippen LogP contribution in [0.3, 0.4) is 0 Å². The van der Waals surface area contributed by atoms with E-state index in [4.69, 9.17) is 4.42 Å². The molecule has 7 nitrogen and oxygen atoms in total. The van der Waals surface area contributed by atoms with Crippen molar-refractivity contribution in [1.29, 1.82) is 0 Å². The summed E-state index contributed by atoms with van der Waals surface area (Å²) in [6.07, 6.45) is 1.59. The molecule has 0 fully saturated rings. The Morgan fingerprint density at radius 3 is 2.43 bits per heavy atom. The Morgan fingerprint density at radius 2 is 1.73 bits per heavy atom. The Hall–Kier alpha value is -3.74. The Balaban J connectivity index is 1.38. The Labute approximate surface area is 174 Å². The van der Waals surface area contributed by atoms with Crippen LogP contribution < -0.4 is 0 Å². The highest BCUT2D eigenvalue weighted by molar-refractivity contribution is 5.95.